The molecule has 22 heavy (non-hydrogen) atoms. The highest BCUT2D eigenvalue weighted by Gasteiger charge is 2.12. The zero-order chi connectivity index (χ0) is 15.5. The van der Waals surface area contributed by atoms with Crippen LogP contribution in [0.3, 0.4) is 0 Å². The Morgan fingerprint density at radius 1 is 1.23 bits per heavy atom. The number of fused-ring (bicyclic) bond motifs is 1. The summed E-state index contributed by atoms with van der Waals surface area (Å²) in [5.41, 5.74) is 2.75. The monoisotopic (exact) mass is 296 g/mol. The fraction of sp³-hybridized carbons (Fsp3) is 0.294. The van der Waals surface area contributed by atoms with Crippen LogP contribution in [0.25, 0.3) is 5.65 Å². The highest BCUT2D eigenvalue weighted by atomic mass is 16.3. The minimum atomic E-state index is -0.459. The second kappa shape index (κ2) is 6.15. The van der Waals surface area contributed by atoms with Crippen LogP contribution in [0, 0.1) is 6.92 Å². The van der Waals surface area contributed by atoms with Crippen LogP contribution in [-0.4, -0.2) is 33.3 Å². The van der Waals surface area contributed by atoms with Crippen molar-refractivity contribution in [2.45, 2.75) is 19.4 Å². The van der Waals surface area contributed by atoms with E-state index < -0.39 is 6.10 Å². The van der Waals surface area contributed by atoms with Gasteiger partial charge in [0.05, 0.1) is 12.3 Å². The van der Waals surface area contributed by atoms with Crippen LogP contribution < -0.4 is 4.90 Å². The second-order valence-corrected chi connectivity index (χ2v) is 5.49. The Hall–Kier alpha value is -2.40. The summed E-state index contributed by atoms with van der Waals surface area (Å²) in [5, 5.41) is 14.6. The van der Waals surface area contributed by atoms with E-state index in [4.69, 9.17) is 0 Å². The molecule has 2 heterocycles. The molecule has 0 spiro atoms. The van der Waals surface area contributed by atoms with Crippen LogP contribution in [0.15, 0.2) is 48.7 Å². The largest absolute Gasteiger partial charge is 0.388 e. The van der Waals surface area contributed by atoms with Crippen molar-refractivity contribution in [3.63, 3.8) is 0 Å². The number of nitrogens with zero attached hydrogens (tertiary/aromatic N) is 4. The summed E-state index contributed by atoms with van der Waals surface area (Å²) >= 11 is 0. The van der Waals surface area contributed by atoms with Crippen LogP contribution in [0.1, 0.15) is 23.8 Å². The molecule has 1 N–H and O–H groups in total. The SMILES string of the molecule is Cc1cc(N(C)CC[C@H](O)c2ccccc2)n2nccc2n1. The molecule has 1 atom stereocenters. The van der Waals surface area contributed by atoms with E-state index in [0.717, 1.165) is 29.3 Å². The number of aryl methyl sites for hydroxylation is 1. The fourth-order valence-electron chi connectivity index (χ4n) is 2.56. The lowest BCUT2D eigenvalue weighted by Gasteiger charge is -2.22. The number of aromatic nitrogens is 3. The van der Waals surface area contributed by atoms with Crippen molar-refractivity contribution in [1.29, 1.82) is 0 Å². The minimum absolute atomic E-state index is 0.459. The van der Waals surface area contributed by atoms with Gasteiger partial charge in [0.2, 0.25) is 0 Å². The average Bonchev–Trinajstić information content (AvgIpc) is 3.00. The molecule has 5 heteroatoms. The van der Waals surface area contributed by atoms with Crippen LogP contribution in [0.2, 0.25) is 0 Å². The highest BCUT2D eigenvalue weighted by Crippen LogP contribution is 2.20. The number of hydrogen-bond donors (Lipinski definition) is 1. The van der Waals surface area contributed by atoms with Crippen LogP contribution in [0.5, 0.6) is 0 Å². The maximum absolute atomic E-state index is 10.3. The summed E-state index contributed by atoms with van der Waals surface area (Å²) in [4.78, 5) is 6.54. The lowest BCUT2D eigenvalue weighted by atomic mass is 10.1. The first-order chi connectivity index (χ1) is 10.6. The first-order valence-electron chi connectivity index (χ1n) is 7.40. The van der Waals surface area contributed by atoms with Gasteiger partial charge in [-0.05, 0) is 18.9 Å². The molecule has 3 rings (SSSR count). The second-order valence-electron chi connectivity index (χ2n) is 5.49. The number of aliphatic hydroxyl groups excluding tert-OH is 1. The molecule has 0 bridgehead atoms. The normalized spacial score (nSPS) is 12.5. The van der Waals surface area contributed by atoms with Gasteiger partial charge >= 0.3 is 0 Å². The molecule has 0 aliphatic heterocycles. The summed E-state index contributed by atoms with van der Waals surface area (Å²) < 4.78 is 1.82. The summed E-state index contributed by atoms with van der Waals surface area (Å²) in [5.74, 6) is 0.979. The van der Waals surface area contributed by atoms with Gasteiger partial charge in [-0.15, -0.1) is 0 Å². The van der Waals surface area contributed by atoms with Gasteiger partial charge in [-0.25, -0.2) is 4.98 Å². The van der Waals surface area contributed by atoms with E-state index in [1.807, 2.05) is 61.0 Å². The van der Waals surface area contributed by atoms with Crippen molar-refractivity contribution in [2.24, 2.45) is 0 Å². The van der Waals surface area contributed by atoms with Crippen LogP contribution in [0.4, 0.5) is 5.82 Å². The molecule has 1 aromatic carbocycles. The molecule has 2 aromatic heterocycles. The Morgan fingerprint density at radius 2 is 2.00 bits per heavy atom. The predicted molar refractivity (Wildman–Crippen MR) is 87.0 cm³/mol. The Labute approximate surface area is 129 Å². The van der Waals surface area contributed by atoms with E-state index in [0.29, 0.717) is 6.42 Å². The van der Waals surface area contributed by atoms with Gasteiger partial charge in [-0.1, -0.05) is 30.3 Å². The van der Waals surface area contributed by atoms with Gasteiger partial charge in [0.1, 0.15) is 5.82 Å². The molecule has 3 aromatic rings. The standard InChI is InChI=1S/C17H20N4O/c1-13-12-17(21-16(19-13)8-10-18-21)20(2)11-9-15(22)14-6-4-3-5-7-14/h3-8,10,12,15,22H,9,11H2,1-2H3/t15-/m0/s1. The van der Waals surface area contributed by atoms with Gasteiger partial charge in [-0.2, -0.15) is 9.61 Å². The molecular weight excluding hydrogens is 276 g/mol. The lowest BCUT2D eigenvalue weighted by molar-refractivity contribution is 0.169. The predicted octanol–water partition coefficient (Wildman–Crippen LogP) is 2.60. The Kier molecular flexibility index (Phi) is 4.06. The minimum Gasteiger partial charge on any atom is -0.388 e. The van der Waals surface area contributed by atoms with Gasteiger partial charge in [-0.3, -0.25) is 0 Å². The molecule has 0 aliphatic rings. The molecule has 0 unspecified atom stereocenters. The summed E-state index contributed by atoms with van der Waals surface area (Å²) in [7, 11) is 2.01. The van der Waals surface area contributed by atoms with E-state index >= 15 is 0 Å². The summed E-state index contributed by atoms with van der Waals surface area (Å²) in [6, 6.07) is 13.7. The first kappa shape index (κ1) is 14.5. The Morgan fingerprint density at radius 3 is 2.77 bits per heavy atom. The average molecular weight is 296 g/mol. The summed E-state index contributed by atoms with van der Waals surface area (Å²) in [6.07, 6.45) is 1.95. The van der Waals surface area contributed by atoms with Crippen molar-refractivity contribution >= 4 is 11.5 Å². The molecule has 114 valence electrons. The number of aliphatic hydroxyl groups is 1. The van der Waals surface area contributed by atoms with Crippen LogP contribution in [-0.2, 0) is 0 Å². The van der Waals surface area contributed by atoms with Crippen molar-refractivity contribution in [3.05, 3.63) is 59.9 Å². The number of anilines is 1. The topological polar surface area (TPSA) is 53.7 Å². The third-order valence-electron chi connectivity index (χ3n) is 3.78. The van der Waals surface area contributed by atoms with E-state index in [2.05, 4.69) is 15.0 Å². The van der Waals surface area contributed by atoms with Crippen molar-refractivity contribution in [3.8, 4) is 0 Å². The Bertz CT molecular complexity index is 754. The lowest BCUT2D eigenvalue weighted by Crippen LogP contribution is -2.23. The van der Waals surface area contributed by atoms with Gasteiger partial charge in [0.25, 0.3) is 0 Å². The molecule has 0 saturated carbocycles. The zero-order valence-corrected chi connectivity index (χ0v) is 12.8. The smallest absolute Gasteiger partial charge is 0.157 e. The molecule has 0 radical (unpaired) electrons. The third-order valence-corrected chi connectivity index (χ3v) is 3.78. The zero-order valence-electron chi connectivity index (χ0n) is 12.8. The highest BCUT2D eigenvalue weighted by molar-refractivity contribution is 5.50. The molecule has 0 fully saturated rings. The van der Waals surface area contributed by atoms with E-state index in [9.17, 15) is 5.11 Å². The number of benzene rings is 1. The van der Waals surface area contributed by atoms with E-state index in [1.165, 1.54) is 0 Å². The Balaban J connectivity index is 1.74. The maximum Gasteiger partial charge on any atom is 0.157 e. The van der Waals surface area contributed by atoms with E-state index in [1.54, 1.807) is 6.20 Å². The fourth-order valence-corrected chi connectivity index (χ4v) is 2.56. The van der Waals surface area contributed by atoms with Crippen molar-refractivity contribution < 1.29 is 5.11 Å². The van der Waals surface area contributed by atoms with E-state index in [-0.39, 0.29) is 0 Å². The van der Waals surface area contributed by atoms with Crippen molar-refractivity contribution in [1.82, 2.24) is 14.6 Å². The van der Waals surface area contributed by atoms with Gasteiger partial charge in [0.15, 0.2) is 5.65 Å². The summed E-state index contributed by atoms with van der Waals surface area (Å²) in [6.45, 7) is 2.71. The molecule has 0 aliphatic carbocycles. The first-order valence-corrected chi connectivity index (χ1v) is 7.40. The number of hydrogen-bond acceptors (Lipinski definition) is 4. The molecule has 0 saturated heterocycles. The van der Waals surface area contributed by atoms with Gasteiger partial charge in [0, 0.05) is 31.4 Å². The van der Waals surface area contributed by atoms with Crippen molar-refractivity contribution in [2.75, 3.05) is 18.5 Å². The third kappa shape index (κ3) is 2.94. The maximum atomic E-state index is 10.3. The quantitative estimate of drug-likeness (QED) is 0.786. The van der Waals surface area contributed by atoms with Crippen LogP contribution >= 0.6 is 0 Å². The molecule has 0 amide bonds. The number of rotatable bonds is 5. The molecule has 5 nitrogen and oxygen atoms in total. The molecular formula is C17H20N4O. The van der Waals surface area contributed by atoms with Gasteiger partial charge < -0.3 is 10.0 Å².